The zero-order valence-corrected chi connectivity index (χ0v) is 12.6. The van der Waals surface area contributed by atoms with Crippen LogP contribution in [0, 0.1) is 0 Å². The highest BCUT2D eigenvalue weighted by Crippen LogP contribution is 2.08. The molecular formula is C19H22N2. The quantitative estimate of drug-likeness (QED) is 0.749. The zero-order valence-electron chi connectivity index (χ0n) is 12.6. The van der Waals surface area contributed by atoms with Gasteiger partial charge in [-0.2, -0.15) is 0 Å². The van der Waals surface area contributed by atoms with Gasteiger partial charge in [0, 0.05) is 23.6 Å². The van der Waals surface area contributed by atoms with Gasteiger partial charge in [-0.05, 0) is 43.7 Å². The maximum atomic E-state index is 3.41. The lowest BCUT2D eigenvalue weighted by Crippen LogP contribution is -2.10. The number of nitrogens with one attached hydrogen (secondary N) is 2. The highest BCUT2D eigenvalue weighted by molar-refractivity contribution is 5.47. The van der Waals surface area contributed by atoms with Crippen molar-refractivity contribution in [3.8, 4) is 0 Å². The first-order chi connectivity index (χ1) is 10.2. The molecule has 0 saturated heterocycles. The second-order valence-corrected chi connectivity index (χ2v) is 5.03. The van der Waals surface area contributed by atoms with E-state index < -0.39 is 0 Å². The van der Waals surface area contributed by atoms with E-state index in [1.807, 2.05) is 24.3 Å². The van der Waals surface area contributed by atoms with Crippen LogP contribution < -0.4 is 10.6 Å². The van der Waals surface area contributed by atoms with Gasteiger partial charge in [0.1, 0.15) is 0 Å². The van der Waals surface area contributed by atoms with E-state index in [-0.39, 0.29) is 0 Å². The highest BCUT2D eigenvalue weighted by atomic mass is 14.9. The molecule has 2 aromatic rings. The largest absolute Gasteiger partial charge is 0.384 e. The number of benzene rings is 2. The van der Waals surface area contributed by atoms with Gasteiger partial charge in [-0.15, -0.1) is 0 Å². The van der Waals surface area contributed by atoms with Crippen LogP contribution in [0.5, 0.6) is 0 Å². The van der Waals surface area contributed by atoms with E-state index >= 15 is 0 Å². The van der Waals surface area contributed by atoms with Crippen molar-refractivity contribution in [2.45, 2.75) is 20.4 Å². The van der Waals surface area contributed by atoms with Crippen LogP contribution in [-0.2, 0) is 6.54 Å². The maximum Gasteiger partial charge on any atom is 0.0397 e. The average Bonchev–Trinajstić information content (AvgIpc) is 2.53. The van der Waals surface area contributed by atoms with Gasteiger partial charge in [0.2, 0.25) is 0 Å². The third kappa shape index (κ3) is 5.57. The van der Waals surface area contributed by atoms with Crippen molar-refractivity contribution >= 4 is 5.69 Å². The monoisotopic (exact) mass is 278 g/mol. The summed E-state index contributed by atoms with van der Waals surface area (Å²) in [5, 5.41) is 6.77. The zero-order chi connectivity index (χ0) is 14.9. The summed E-state index contributed by atoms with van der Waals surface area (Å²) in [6, 6.07) is 20.6. The van der Waals surface area contributed by atoms with Gasteiger partial charge >= 0.3 is 0 Å². The molecule has 0 fully saturated rings. The summed E-state index contributed by atoms with van der Waals surface area (Å²) in [6.45, 7) is 4.99. The molecule has 0 atom stereocenters. The topological polar surface area (TPSA) is 24.1 Å². The van der Waals surface area contributed by atoms with E-state index in [1.165, 1.54) is 5.56 Å². The fourth-order valence-electron chi connectivity index (χ4n) is 1.94. The molecule has 2 rings (SSSR count). The van der Waals surface area contributed by atoms with Crippen LogP contribution in [0.4, 0.5) is 5.69 Å². The standard InChI is InChI=1S/C19H22N2/c1-16(20-15-18-9-5-3-6-10-18)13-14-17(2)21-19-11-7-4-8-12-19/h3-14,20-21H,15H2,1-2H3/b16-13+,17-14+. The number of hydrogen-bond donors (Lipinski definition) is 2. The molecule has 0 unspecified atom stereocenters. The molecule has 0 heterocycles. The molecule has 108 valence electrons. The Balaban J connectivity index is 1.85. The molecule has 0 amide bonds. The smallest absolute Gasteiger partial charge is 0.0397 e. The molecule has 0 aliphatic rings. The van der Waals surface area contributed by atoms with Crippen molar-refractivity contribution < 1.29 is 0 Å². The Morgan fingerprint density at radius 2 is 1.38 bits per heavy atom. The summed E-state index contributed by atoms with van der Waals surface area (Å²) >= 11 is 0. The maximum absolute atomic E-state index is 3.41. The van der Waals surface area contributed by atoms with E-state index in [1.54, 1.807) is 0 Å². The summed E-state index contributed by atoms with van der Waals surface area (Å²) in [6.07, 6.45) is 4.18. The van der Waals surface area contributed by atoms with Gasteiger partial charge in [-0.25, -0.2) is 0 Å². The molecular weight excluding hydrogens is 256 g/mol. The summed E-state index contributed by atoms with van der Waals surface area (Å²) < 4.78 is 0. The Hall–Kier alpha value is -2.48. The van der Waals surface area contributed by atoms with E-state index in [2.05, 4.69) is 73.0 Å². The van der Waals surface area contributed by atoms with Crippen LogP contribution in [0.25, 0.3) is 0 Å². The highest BCUT2D eigenvalue weighted by Gasteiger charge is 1.92. The minimum Gasteiger partial charge on any atom is -0.384 e. The van der Waals surface area contributed by atoms with Gasteiger partial charge < -0.3 is 10.6 Å². The fourth-order valence-corrected chi connectivity index (χ4v) is 1.94. The lowest BCUT2D eigenvalue weighted by atomic mass is 10.2. The van der Waals surface area contributed by atoms with Crippen molar-refractivity contribution in [2.24, 2.45) is 0 Å². The van der Waals surface area contributed by atoms with E-state index in [4.69, 9.17) is 0 Å². The summed E-state index contributed by atoms with van der Waals surface area (Å²) in [5.74, 6) is 0. The predicted molar refractivity (Wildman–Crippen MR) is 90.9 cm³/mol. The number of anilines is 1. The Kier molecular flexibility index (Phi) is 5.65. The predicted octanol–water partition coefficient (Wildman–Crippen LogP) is 4.70. The van der Waals surface area contributed by atoms with Crippen LogP contribution in [0.1, 0.15) is 19.4 Å². The molecule has 0 saturated carbocycles. The van der Waals surface area contributed by atoms with Crippen LogP contribution >= 0.6 is 0 Å². The van der Waals surface area contributed by atoms with Crippen molar-refractivity contribution in [1.82, 2.24) is 5.32 Å². The molecule has 0 aliphatic heterocycles. The molecule has 0 spiro atoms. The number of rotatable bonds is 6. The number of para-hydroxylation sites is 1. The Bertz CT molecular complexity index is 598. The molecule has 0 aliphatic carbocycles. The van der Waals surface area contributed by atoms with Crippen LogP contribution in [0.2, 0.25) is 0 Å². The van der Waals surface area contributed by atoms with Crippen molar-refractivity contribution in [3.63, 3.8) is 0 Å². The molecule has 2 aromatic carbocycles. The normalized spacial score (nSPS) is 12.1. The van der Waals surface area contributed by atoms with Crippen molar-refractivity contribution in [1.29, 1.82) is 0 Å². The van der Waals surface area contributed by atoms with E-state index in [0.29, 0.717) is 0 Å². The number of allylic oxidation sites excluding steroid dienone is 4. The van der Waals surface area contributed by atoms with Gasteiger partial charge in [0.05, 0.1) is 0 Å². The summed E-state index contributed by atoms with van der Waals surface area (Å²) in [5.41, 5.74) is 4.65. The Morgan fingerprint density at radius 1 is 0.810 bits per heavy atom. The number of hydrogen-bond acceptors (Lipinski definition) is 2. The Morgan fingerprint density at radius 3 is 2.05 bits per heavy atom. The first-order valence-electron chi connectivity index (χ1n) is 7.19. The third-order valence-corrected chi connectivity index (χ3v) is 3.11. The van der Waals surface area contributed by atoms with Crippen molar-refractivity contribution in [3.05, 3.63) is 89.8 Å². The molecule has 0 aromatic heterocycles. The first kappa shape index (κ1) is 14.9. The van der Waals surface area contributed by atoms with Gasteiger partial charge in [-0.3, -0.25) is 0 Å². The second-order valence-electron chi connectivity index (χ2n) is 5.03. The average molecular weight is 278 g/mol. The molecule has 0 bridgehead atoms. The fraction of sp³-hybridized carbons (Fsp3) is 0.158. The SMILES string of the molecule is C/C(=C\C=C(/C)Nc1ccccc1)NCc1ccccc1. The minimum absolute atomic E-state index is 0.849. The van der Waals surface area contributed by atoms with Crippen LogP contribution in [0.15, 0.2) is 84.2 Å². The van der Waals surface area contributed by atoms with Crippen molar-refractivity contribution in [2.75, 3.05) is 5.32 Å². The van der Waals surface area contributed by atoms with Crippen LogP contribution in [0.3, 0.4) is 0 Å². The van der Waals surface area contributed by atoms with Gasteiger partial charge in [0.25, 0.3) is 0 Å². The van der Waals surface area contributed by atoms with E-state index in [0.717, 1.165) is 23.6 Å². The second kappa shape index (κ2) is 7.95. The molecule has 2 N–H and O–H groups in total. The Labute approximate surface area is 127 Å². The molecule has 21 heavy (non-hydrogen) atoms. The van der Waals surface area contributed by atoms with Crippen LogP contribution in [-0.4, -0.2) is 0 Å². The summed E-state index contributed by atoms with van der Waals surface area (Å²) in [4.78, 5) is 0. The summed E-state index contributed by atoms with van der Waals surface area (Å²) in [7, 11) is 0. The molecule has 2 nitrogen and oxygen atoms in total. The van der Waals surface area contributed by atoms with Gasteiger partial charge in [-0.1, -0.05) is 48.5 Å². The molecule has 2 heteroatoms. The molecule has 0 radical (unpaired) electrons. The van der Waals surface area contributed by atoms with E-state index in [9.17, 15) is 0 Å². The lowest BCUT2D eigenvalue weighted by molar-refractivity contribution is 0.812. The third-order valence-electron chi connectivity index (χ3n) is 3.11. The lowest BCUT2D eigenvalue weighted by Gasteiger charge is -2.07. The minimum atomic E-state index is 0.849. The first-order valence-corrected chi connectivity index (χ1v) is 7.19. The van der Waals surface area contributed by atoms with Gasteiger partial charge in [0.15, 0.2) is 0 Å².